The molecule has 1 amide bonds. The van der Waals surface area contributed by atoms with E-state index in [-0.39, 0.29) is 10.7 Å². The fourth-order valence-corrected chi connectivity index (χ4v) is 4.63. The van der Waals surface area contributed by atoms with Crippen LogP contribution in [-0.2, 0) is 10.0 Å². The second-order valence-electron chi connectivity index (χ2n) is 6.78. The maximum Gasteiger partial charge on any atom is 0.255 e. The highest BCUT2D eigenvalue weighted by Gasteiger charge is 2.28. The van der Waals surface area contributed by atoms with Crippen molar-refractivity contribution in [3.05, 3.63) is 59.4 Å². The van der Waals surface area contributed by atoms with E-state index in [0.29, 0.717) is 43.0 Å². The normalized spacial score (nSPS) is 16.1. The number of aryl methyl sites for hydroxylation is 1. The fourth-order valence-electron chi connectivity index (χ4n) is 3.16. The third kappa shape index (κ3) is 4.40. The maximum absolute atomic E-state index is 13.4. The molecule has 2 aromatic carbocycles. The van der Waals surface area contributed by atoms with E-state index >= 15 is 0 Å². The van der Waals surface area contributed by atoms with Crippen LogP contribution in [-0.4, -0.2) is 56.3 Å². The number of carbonyl (C=O) groups is 1. The number of nitrogens with zero attached hydrogens (tertiary/aromatic N) is 2. The Morgan fingerprint density at radius 3 is 2.46 bits per heavy atom. The molecule has 0 aromatic heterocycles. The number of sulfonamides is 1. The molecule has 0 saturated carbocycles. The van der Waals surface area contributed by atoms with E-state index in [9.17, 15) is 17.6 Å². The molecule has 3 rings (SSSR count). The van der Waals surface area contributed by atoms with E-state index < -0.39 is 15.9 Å². The van der Waals surface area contributed by atoms with Crippen LogP contribution in [0.25, 0.3) is 0 Å². The first kappa shape index (κ1) is 20.4. The van der Waals surface area contributed by atoms with Crippen molar-refractivity contribution in [1.29, 1.82) is 0 Å². The average Bonchev–Trinajstić information content (AvgIpc) is 2.70. The molecule has 1 heterocycles. The van der Waals surface area contributed by atoms with E-state index in [1.807, 2.05) is 0 Å². The summed E-state index contributed by atoms with van der Waals surface area (Å²) in [5.74, 6) is -0.804. The largest absolute Gasteiger partial charge is 0.322 e. The van der Waals surface area contributed by atoms with Gasteiger partial charge in [0, 0.05) is 37.4 Å². The van der Waals surface area contributed by atoms with E-state index in [2.05, 4.69) is 17.1 Å². The molecule has 1 aliphatic rings. The highest BCUT2D eigenvalue weighted by Crippen LogP contribution is 2.21. The Bertz CT molecular complexity index is 970. The predicted molar refractivity (Wildman–Crippen MR) is 106 cm³/mol. The molecule has 150 valence electrons. The Morgan fingerprint density at radius 1 is 1.11 bits per heavy atom. The van der Waals surface area contributed by atoms with Crippen molar-refractivity contribution in [2.75, 3.05) is 38.0 Å². The van der Waals surface area contributed by atoms with Crippen LogP contribution in [0.1, 0.15) is 22.8 Å². The predicted octanol–water partition coefficient (Wildman–Crippen LogP) is 2.71. The molecule has 0 radical (unpaired) electrons. The maximum atomic E-state index is 13.4. The molecule has 0 spiro atoms. The monoisotopic (exact) mass is 405 g/mol. The minimum absolute atomic E-state index is 0.144. The lowest BCUT2D eigenvalue weighted by molar-refractivity contribution is 0.102. The summed E-state index contributed by atoms with van der Waals surface area (Å²) in [4.78, 5) is 14.8. The number of piperazine rings is 1. The van der Waals surface area contributed by atoms with Gasteiger partial charge in [0.25, 0.3) is 5.91 Å². The molecule has 0 aliphatic carbocycles. The number of carbonyl (C=O) groups excluding carboxylic acids is 1. The zero-order valence-corrected chi connectivity index (χ0v) is 16.8. The fraction of sp³-hybridized carbons (Fsp3) is 0.350. The van der Waals surface area contributed by atoms with Crippen LogP contribution in [0, 0.1) is 12.7 Å². The molecule has 28 heavy (non-hydrogen) atoms. The van der Waals surface area contributed by atoms with Crippen molar-refractivity contribution < 1.29 is 17.6 Å². The van der Waals surface area contributed by atoms with Gasteiger partial charge in [-0.3, -0.25) is 4.79 Å². The van der Waals surface area contributed by atoms with E-state index in [1.54, 1.807) is 19.1 Å². The zero-order chi connectivity index (χ0) is 20.3. The number of halogens is 1. The molecule has 1 fully saturated rings. The summed E-state index contributed by atoms with van der Waals surface area (Å²) < 4.78 is 40.7. The van der Waals surface area contributed by atoms with Gasteiger partial charge in [-0.25, -0.2) is 12.8 Å². The summed E-state index contributed by atoms with van der Waals surface area (Å²) in [6, 6.07) is 10.3. The Hall–Kier alpha value is -2.29. The van der Waals surface area contributed by atoms with Crippen molar-refractivity contribution in [2.24, 2.45) is 0 Å². The van der Waals surface area contributed by atoms with Gasteiger partial charge in [0.2, 0.25) is 10.0 Å². The van der Waals surface area contributed by atoms with Crippen LogP contribution in [0.3, 0.4) is 0 Å². The minimum Gasteiger partial charge on any atom is -0.322 e. The third-order valence-corrected chi connectivity index (χ3v) is 6.82. The lowest BCUT2D eigenvalue weighted by Gasteiger charge is -2.33. The first-order valence-electron chi connectivity index (χ1n) is 9.21. The summed E-state index contributed by atoms with van der Waals surface area (Å²) in [6.45, 7) is 6.84. The Morgan fingerprint density at radius 2 is 1.82 bits per heavy atom. The number of nitrogens with one attached hydrogen (secondary N) is 1. The Kier molecular flexibility index (Phi) is 6.12. The van der Waals surface area contributed by atoms with Gasteiger partial charge in [0.1, 0.15) is 5.82 Å². The number of benzene rings is 2. The summed E-state index contributed by atoms with van der Waals surface area (Å²) in [7, 11) is -3.62. The van der Waals surface area contributed by atoms with Gasteiger partial charge >= 0.3 is 0 Å². The third-order valence-electron chi connectivity index (χ3n) is 4.93. The highest BCUT2D eigenvalue weighted by atomic mass is 32.2. The molecular formula is C20H24FN3O3S. The summed E-state index contributed by atoms with van der Waals surface area (Å²) in [6.07, 6.45) is 0. The van der Waals surface area contributed by atoms with Gasteiger partial charge in [-0.2, -0.15) is 4.31 Å². The Balaban J connectivity index is 1.76. The van der Waals surface area contributed by atoms with Crippen molar-refractivity contribution in [2.45, 2.75) is 18.7 Å². The van der Waals surface area contributed by atoms with Gasteiger partial charge < -0.3 is 10.2 Å². The van der Waals surface area contributed by atoms with Crippen LogP contribution in [0.5, 0.6) is 0 Å². The number of rotatable bonds is 5. The SMILES string of the molecule is CCN1CCN(S(=O)(=O)c2cccc(NC(=O)c3ccc(F)c(C)c3)c2)CC1. The molecule has 6 nitrogen and oxygen atoms in total. The first-order valence-corrected chi connectivity index (χ1v) is 10.7. The second kappa shape index (κ2) is 8.38. The quantitative estimate of drug-likeness (QED) is 0.831. The molecule has 2 aromatic rings. The molecule has 1 aliphatic heterocycles. The molecule has 8 heteroatoms. The second-order valence-corrected chi connectivity index (χ2v) is 8.72. The van der Waals surface area contributed by atoms with Crippen LogP contribution >= 0.6 is 0 Å². The van der Waals surface area contributed by atoms with Gasteiger partial charge in [-0.15, -0.1) is 0 Å². The van der Waals surface area contributed by atoms with Crippen LogP contribution in [0.4, 0.5) is 10.1 Å². The number of hydrogen-bond donors (Lipinski definition) is 1. The number of likely N-dealkylation sites (N-methyl/N-ethyl adjacent to an activating group) is 1. The topological polar surface area (TPSA) is 69.7 Å². The van der Waals surface area contributed by atoms with Crippen LogP contribution in [0.15, 0.2) is 47.4 Å². The van der Waals surface area contributed by atoms with E-state index in [1.165, 1.54) is 34.6 Å². The molecule has 0 bridgehead atoms. The smallest absolute Gasteiger partial charge is 0.255 e. The van der Waals surface area contributed by atoms with E-state index in [0.717, 1.165) is 6.54 Å². The zero-order valence-electron chi connectivity index (χ0n) is 16.0. The van der Waals surface area contributed by atoms with Crippen LogP contribution in [0.2, 0.25) is 0 Å². The van der Waals surface area contributed by atoms with Gasteiger partial charge in [-0.1, -0.05) is 13.0 Å². The average molecular weight is 405 g/mol. The van der Waals surface area contributed by atoms with Gasteiger partial charge in [0.15, 0.2) is 0 Å². The molecular weight excluding hydrogens is 381 g/mol. The number of anilines is 1. The molecule has 1 saturated heterocycles. The van der Waals surface area contributed by atoms with Crippen molar-refractivity contribution in [3.8, 4) is 0 Å². The standard InChI is InChI=1S/C20H24FN3O3S/c1-3-23-9-11-24(12-10-23)28(26,27)18-6-4-5-17(14-18)22-20(25)16-7-8-19(21)15(2)13-16/h4-8,13-14H,3,9-12H2,1-2H3,(H,22,25). The van der Waals surface area contributed by atoms with Crippen molar-refractivity contribution >= 4 is 21.6 Å². The Labute approximate surface area is 165 Å². The lowest BCUT2D eigenvalue weighted by Crippen LogP contribution is -2.48. The first-order chi connectivity index (χ1) is 13.3. The highest BCUT2D eigenvalue weighted by molar-refractivity contribution is 7.89. The van der Waals surface area contributed by atoms with Crippen LogP contribution < -0.4 is 5.32 Å². The van der Waals surface area contributed by atoms with Crippen molar-refractivity contribution in [1.82, 2.24) is 9.21 Å². The van der Waals surface area contributed by atoms with Gasteiger partial charge in [0.05, 0.1) is 4.90 Å². The summed E-state index contributed by atoms with van der Waals surface area (Å²) in [5, 5.41) is 2.68. The van der Waals surface area contributed by atoms with Gasteiger partial charge in [-0.05, 0) is 55.4 Å². The molecule has 0 unspecified atom stereocenters. The lowest BCUT2D eigenvalue weighted by atomic mass is 10.1. The minimum atomic E-state index is -3.62. The molecule has 1 N–H and O–H groups in total. The summed E-state index contributed by atoms with van der Waals surface area (Å²) >= 11 is 0. The van der Waals surface area contributed by atoms with Crippen molar-refractivity contribution in [3.63, 3.8) is 0 Å². The summed E-state index contributed by atoms with van der Waals surface area (Å²) in [5.41, 5.74) is 1.05. The number of amides is 1. The van der Waals surface area contributed by atoms with E-state index in [4.69, 9.17) is 0 Å². The number of hydrogen-bond acceptors (Lipinski definition) is 4. The molecule has 0 atom stereocenters.